The number of alkyl halides is 3. The van der Waals surface area contributed by atoms with Crippen molar-refractivity contribution in [3.05, 3.63) is 75.0 Å². The van der Waals surface area contributed by atoms with E-state index < -0.39 is 23.8 Å². The first kappa shape index (κ1) is 20.5. The van der Waals surface area contributed by atoms with Gasteiger partial charge in [0.25, 0.3) is 0 Å². The number of amides is 1. The third-order valence-corrected chi connectivity index (χ3v) is 4.67. The molecule has 0 fully saturated rings. The number of rotatable bonds is 5. The lowest BCUT2D eigenvalue weighted by Crippen LogP contribution is -2.23. The molecule has 0 aliphatic heterocycles. The Morgan fingerprint density at radius 2 is 1.89 bits per heavy atom. The normalized spacial score (nSPS) is 12.6. The molecule has 0 radical (unpaired) electrons. The molecule has 1 N–H and O–H groups in total. The SMILES string of the molecule is O=C(Nc1ccc(Br)cn1)C(Cc1ccc(C(F)(F)F)o1)c1cncc(Br)c1. The molecule has 10 heteroatoms. The van der Waals surface area contributed by atoms with E-state index in [1.54, 1.807) is 24.4 Å². The van der Waals surface area contributed by atoms with Gasteiger partial charge in [0.2, 0.25) is 11.7 Å². The summed E-state index contributed by atoms with van der Waals surface area (Å²) in [6.07, 6.45) is -0.111. The van der Waals surface area contributed by atoms with Gasteiger partial charge in [-0.3, -0.25) is 9.78 Å². The van der Waals surface area contributed by atoms with Gasteiger partial charge in [-0.15, -0.1) is 0 Å². The predicted octanol–water partition coefficient (Wildman–Crippen LogP) is 5.58. The van der Waals surface area contributed by atoms with Gasteiger partial charge in [0, 0.05) is 34.0 Å². The molecule has 3 aromatic rings. The van der Waals surface area contributed by atoms with E-state index in [1.807, 2.05) is 0 Å². The lowest BCUT2D eigenvalue weighted by atomic mass is 9.95. The number of pyridine rings is 2. The fourth-order valence-corrected chi connectivity index (χ4v) is 3.10. The Kier molecular flexibility index (Phi) is 6.19. The monoisotopic (exact) mass is 517 g/mol. The molecular weight excluding hydrogens is 507 g/mol. The standard InChI is InChI=1S/C18H12Br2F3N3O2/c19-11-1-4-16(25-9-11)26-17(27)14(10-5-12(20)8-24-7-10)6-13-2-3-15(28-13)18(21,22)23/h1-5,7-9,14H,6H2,(H,25,26,27). The minimum absolute atomic E-state index is 0.0382. The van der Waals surface area contributed by atoms with E-state index in [-0.39, 0.29) is 12.2 Å². The smallest absolute Gasteiger partial charge is 0.449 e. The summed E-state index contributed by atoms with van der Waals surface area (Å²) in [5.74, 6) is -2.03. The van der Waals surface area contributed by atoms with Crippen LogP contribution in [0.15, 0.2) is 62.3 Å². The molecular formula is C18H12Br2F3N3O2. The molecule has 1 amide bonds. The Balaban J connectivity index is 1.87. The number of carbonyl (C=O) groups is 1. The van der Waals surface area contributed by atoms with Gasteiger partial charge < -0.3 is 9.73 Å². The highest BCUT2D eigenvalue weighted by Crippen LogP contribution is 2.32. The molecule has 3 heterocycles. The van der Waals surface area contributed by atoms with Crippen molar-refractivity contribution in [1.29, 1.82) is 0 Å². The van der Waals surface area contributed by atoms with E-state index in [4.69, 9.17) is 4.42 Å². The number of hydrogen-bond donors (Lipinski definition) is 1. The molecule has 0 saturated heterocycles. The van der Waals surface area contributed by atoms with E-state index in [9.17, 15) is 18.0 Å². The van der Waals surface area contributed by atoms with Crippen LogP contribution < -0.4 is 5.32 Å². The van der Waals surface area contributed by atoms with Crippen LogP contribution in [0, 0.1) is 0 Å². The van der Waals surface area contributed by atoms with Crippen LogP contribution >= 0.6 is 31.9 Å². The van der Waals surface area contributed by atoms with Crippen LogP contribution in [-0.4, -0.2) is 15.9 Å². The van der Waals surface area contributed by atoms with Crippen LogP contribution in [0.25, 0.3) is 0 Å². The zero-order valence-corrected chi connectivity index (χ0v) is 17.2. The number of nitrogens with zero attached hydrogens (tertiary/aromatic N) is 2. The lowest BCUT2D eigenvalue weighted by Gasteiger charge is -2.16. The average molecular weight is 519 g/mol. The average Bonchev–Trinajstić information content (AvgIpc) is 3.11. The van der Waals surface area contributed by atoms with Crippen LogP contribution in [0.5, 0.6) is 0 Å². The van der Waals surface area contributed by atoms with Crippen LogP contribution in [0.2, 0.25) is 0 Å². The molecule has 0 saturated carbocycles. The van der Waals surface area contributed by atoms with Gasteiger partial charge in [0.1, 0.15) is 11.6 Å². The molecule has 28 heavy (non-hydrogen) atoms. The number of halogens is 5. The zero-order chi connectivity index (χ0) is 20.3. The van der Waals surface area contributed by atoms with Gasteiger partial charge in [-0.2, -0.15) is 13.2 Å². The summed E-state index contributed by atoms with van der Waals surface area (Å²) in [5.41, 5.74) is 0.522. The maximum absolute atomic E-state index is 12.8. The van der Waals surface area contributed by atoms with Crippen LogP contribution in [0.1, 0.15) is 23.0 Å². The lowest BCUT2D eigenvalue weighted by molar-refractivity contribution is -0.153. The van der Waals surface area contributed by atoms with Crippen molar-refractivity contribution < 1.29 is 22.4 Å². The quantitative estimate of drug-likeness (QED) is 0.479. The molecule has 0 aromatic carbocycles. The third-order valence-electron chi connectivity index (χ3n) is 3.77. The molecule has 5 nitrogen and oxygen atoms in total. The first-order valence-corrected chi connectivity index (χ1v) is 9.50. The minimum Gasteiger partial charge on any atom is -0.456 e. The topological polar surface area (TPSA) is 68.0 Å². The molecule has 1 unspecified atom stereocenters. The molecule has 3 rings (SSSR count). The van der Waals surface area contributed by atoms with E-state index >= 15 is 0 Å². The van der Waals surface area contributed by atoms with E-state index in [0.29, 0.717) is 15.9 Å². The van der Waals surface area contributed by atoms with E-state index in [2.05, 4.69) is 47.1 Å². The first-order chi connectivity index (χ1) is 13.2. The number of nitrogens with one attached hydrogen (secondary N) is 1. The molecule has 0 aliphatic carbocycles. The predicted molar refractivity (Wildman–Crippen MR) is 103 cm³/mol. The second-order valence-corrected chi connectivity index (χ2v) is 7.64. The summed E-state index contributed by atoms with van der Waals surface area (Å²) in [4.78, 5) is 21.0. The first-order valence-electron chi connectivity index (χ1n) is 7.91. The van der Waals surface area contributed by atoms with E-state index in [1.165, 1.54) is 18.5 Å². The number of hydrogen-bond acceptors (Lipinski definition) is 4. The van der Waals surface area contributed by atoms with Crippen molar-refractivity contribution >= 4 is 43.6 Å². The van der Waals surface area contributed by atoms with E-state index in [0.717, 1.165) is 10.5 Å². The second kappa shape index (κ2) is 8.44. The molecule has 0 aliphatic rings. The van der Waals surface area contributed by atoms with Gasteiger partial charge in [0.05, 0.1) is 5.92 Å². The molecule has 3 aromatic heterocycles. The fourth-order valence-electron chi connectivity index (χ4n) is 2.49. The second-order valence-electron chi connectivity index (χ2n) is 5.81. The van der Waals surface area contributed by atoms with Gasteiger partial charge in [-0.25, -0.2) is 4.98 Å². The van der Waals surface area contributed by atoms with Crippen molar-refractivity contribution in [3.63, 3.8) is 0 Å². The zero-order valence-electron chi connectivity index (χ0n) is 14.0. The maximum Gasteiger partial charge on any atom is 0.449 e. The van der Waals surface area contributed by atoms with Crippen molar-refractivity contribution in [2.24, 2.45) is 0 Å². The summed E-state index contributed by atoms with van der Waals surface area (Å²) in [6.45, 7) is 0. The highest BCUT2D eigenvalue weighted by atomic mass is 79.9. The van der Waals surface area contributed by atoms with Crippen LogP contribution in [0.4, 0.5) is 19.0 Å². The fraction of sp³-hybridized carbons (Fsp3) is 0.167. The van der Waals surface area contributed by atoms with Gasteiger partial charge >= 0.3 is 6.18 Å². The Morgan fingerprint density at radius 1 is 1.11 bits per heavy atom. The number of carbonyl (C=O) groups excluding carboxylic acids is 1. The Morgan fingerprint density at radius 3 is 2.50 bits per heavy atom. The van der Waals surface area contributed by atoms with Crippen molar-refractivity contribution in [2.75, 3.05) is 5.32 Å². The summed E-state index contributed by atoms with van der Waals surface area (Å²) in [7, 11) is 0. The summed E-state index contributed by atoms with van der Waals surface area (Å²) >= 11 is 6.54. The van der Waals surface area contributed by atoms with Gasteiger partial charge in [-0.1, -0.05) is 0 Å². The largest absolute Gasteiger partial charge is 0.456 e. The maximum atomic E-state index is 12.8. The Hall–Kier alpha value is -2.20. The Bertz CT molecular complexity index is 975. The Labute approximate surface area is 174 Å². The van der Waals surface area contributed by atoms with Crippen molar-refractivity contribution in [2.45, 2.75) is 18.5 Å². The van der Waals surface area contributed by atoms with Crippen molar-refractivity contribution in [3.8, 4) is 0 Å². The third kappa shape index (κ3) is 5.20. The van der Waals surface area contributed by atoms with Crippen LogP contribution in [-0.2, 0) is 17.4 Å². The van der Waals surface area contributed by atoms with Gasteiger partial charge in [-0.05, 0) is 67.8 Å². The molecule has 1 atom stereocenters. The molecule has 0 spiro atoms. The number of furan rings is 1. The summed E-state index contributed by atoms with van der Waals surface area (Å²) in [6, 6.07) is 7.05. The highest BCUT2D eigenvalue weighted by Gasteiger charge is 2.35. The van der Waals surface area contributed by atoms with Crippen molar-refractivity contribution in [1.82, 2.24) is 9.97 Å². The number of aromatic nitrogens is 2. The summed E-state index contributed by atoms with van der Waals surface area (Å²) < 4.78 is 44.6. The minimum atomic E-state index is -4.59. The molecule has 0 bridgehead atoms. The van der Waals surface area contributed by atoms with Gasteiger partial charge in [0.15, 0.2) is 0 Å². The van der Waals surface area contributed by atoms with Crippen LogP contribution in [0.3, 0.4) is 0 Å². The summed E-state index contributed by atoms with van der Waals surface area (Å²) in [5, 5.41) is 2.67. The molecule has 146 valence electrons. The highest BCUT2D eigenvalue weighted by molar-refractivity contribution is 9.10. The number of anilines is 1.